The maximum absolute atomic E-state index is 12.2. The smallest absolute Gasteiger partial charge is 0.248 e. The SMILES string of the molecule is Cc1sc(-c2noc(C3CCC3)n2)cc1NC(=O)C=Cc1ccccc1. The lowest BCUT2D eigenvalue weighted by Crippen LogP contribution is -2.08. The number of carbonyl (C=O) groups excluding carboxylic acids is 1. The summed E-state index contributed by atoms with van der Waals surface area (Å²) in [4.78, 5) is 18.6. The van der Waals surface area contributed by atoms with Gasteiger partial charge < -0.3 is 9.84 Å². The van der Waals surface area contributed by atoms with E-state index in [4.69, 9.17) is 4.52 Å². The molecule has 0 atom stereocenters. The van der Waals surface area contributed by atoms with Crippen LogP contribution in [-0.4, -0.2) is 16.0 Å². The molecular formula is C20H19N3O2S. The molecule has 0 bridgehead atoms. The average molecular weight is 365 g/mol. The number of rotatable bonds is 5. The molecule has 0 spiro atoms. The standard InChI is InChI=1S/C20H19N3O2S/c1-13-16(21-18(24)11-10-14-6-3-2-4-7-14)12-17(26-13)19-22-20(25-23-19)15-8-5-9-15/h2-4,6-7,10-12,15H,5,8-9H2,1H3,(H,21,24). The summed E-state index contributed by atoms with van der Waals surface area (Å²) in [7, 11) is 0. The minimum Gasteiger partial charge on any atom is -0.339 e. The second-order valence-electron chi connectivity index (χ2n) is 6.40. The first kappa shape index (κ1) is 16.7. The van der Waals surface area contributed by atoms with E-state index in [0.29, 0.717) is 11.7 Å². The summed E-state index contributed by atoms with van der Waals surface area (Å²) in [5, 5.41) is 7.02. The molecule has 0 saturated heterocycles. The van der Waals surface area contributed by atoms with E-state index in [9.17, 15) is 4.79 Å². The number of aryl methyl sites for hydroxylation is 1. The molecule has 0 unspecified atom stereocenters. The normalized spacial score (nSPS) is 14.5. The molecule has 2 aromatic heterocycles. The topological polar surface area (TPSA) is 68.0 Å². The van der Waals surface area contributed by atoms with Crippen LogP contribution in [0.1, 0.15) is 41.5 Å². The Kier molecular flexibility index (Phi) is 4.67. The van der Waals surface area contributed by atoms with Gasteiger partial charge in [-0.25, -0.2) is 0 Å². The van der Waals surface area contributed by atoms with Crippen molar-refractivity contribution in [2.24, 2.45) is 0 Å². The van der Waals surface area contributed by atoms with Gasteiger partial charge in [-0.1, -0.05) is 41.9 Å². The van der Waals surface area contributed by atoms with Crippen LogP contribution in [0.5, 0.6) is 0 Å². The predicted molar refractivity (Wildman–Crippen MR) is 103 cm³/mol. The maximum Gasteiger partial charge on any atom is 0.248 e. The molecule has 5 nitrogen and oxygen atoms in total. The molecule has 0 radical (unpaired) electrons. The number of amides is 1. The number of aromatic nitrogens is 2. The van der Waals surface area contributed by atoms with Crippen LogP contribution in [0.3, 0.4) is 0 Å². The summed E-state index contributed by atoms with van der Waals surface area (Å²) in [5.41, 5.74) is 1.77. The highest BCUT2D eigenvalue weighted by molar-refractivity contribution is 7.16. The quantitative estimate of drug-likeness (QED) is 0.644. The Bertz CT molecular complexity index is 939. The fraction of sp³-hybridized carbons (Fsp3) is 0.250. The van der Waals surface area contributed by atoms with Gasteiger partial charge in [-0.05, 0) is 37.5 Å². The van der Waals surface area contributed by atoms with Crippen LogP contribution in [0.4, 0.5) is 5.69 Å². The van der Waals surface area contributed by atoms with Crippen molar-refractivity contribution in [3.8, 4) is 10.7 Å². The molecule has 1 saturated carbocycles. The second-order valence-corrected chi connectivity index (χ2v) is 7.65. The van der Waals surface area contributed by atoms with E-state index in [-0.39, 0.29) is 5.91 Å². The molecule has 1 amide bonds. The van der Waals surface area contributed by atoms with Crippen molar-refractivity contribution in [3.05, 3.63) is 58.8 Å². The third-order valence-corrected chi connectivity index (χ3v) is 5.57. The van der Waals surface area contributed by atoms with Crippen molar-refractivity contribution in [1.29, 1.82) is 0 Å². The molecule has 0 aliphatic heterocycles. The lowest BCUT2D eigenvalue weighted by atomic mass is 9.85. The molecule has 4 rings (SSSR count). The Morgan fingerprint density at radius 1 is 1.31 bits per heavy atom. The third kappa shape index (κ3) is 3.60. The molecule has 1 aromatic carbocycles. The molecule has 6 heteroatoms. The van der Waals surface area contributed by atoms with Crippen LogP contribution in [0.15, 0.2) is 47.0 Å². The van der Waals surface area contributed by atoms with Crippen LogP contribution in [0.25, 0.3) is 16.8 Å². The molecule has 1 aliphatic carbocycles. The molecule has 2 heterocycles. The van der Waals surface area contributed by atoms with Crippen molar-refractivity contribution in [2.75, 3.05) is 5.32 Å². The molecule has 1 aliphatic rings. The highest BCUT2D eigenvalue weighted by atomic mass is 32.1. The van der Waals surface area contributed by atoms with Crippen LogP contribution >= 0.6 is 11.3 Å². The van der Waals surface area contributed by atoms with Crippen LogP contribution in [0, 0.1) is 6.92 Å². The van der Waals surface area contributed by atoms with Gasteiger partial charge in [0.25, 0.3) is 0 Å². The van der Waals surface area contributed by atoms with Crippen LogP contribution < -0.4 is 5.32 Å². The van der Waals surface area contributed by atoms with Gasteiger partial charge in [0.1, 0.15) is 0 Å². The molecule has 132 valence electrons. The molecular weight excluding hydrogens is 346 g/mol. The van der Waals surface area contributed by atoms with Crippen molar-refractivity contribution in [2.45, 2.75) is 32.1 Å². The predicted octanol–water partition coefficient (Wildman–Crippen LogP) is 5.03. The van der Waals surface area contributed by atoms with Gasteiger partial charge >= 0.3 is 0 Å². The second kappa shape index (κ2) is 7.25. The van der Waals surface area contributed by atoms with Gasteiger partial charge in [0.05, 0.1) is 10.6 Å². The van der Waals surface area contributed by atoms with E-state index in [1.54, 1.807) is 17.4 Å². The Morgan fingerprint density at radius 3 is 2.85 bits per heavy atom. The van der Waals surface area contributed by atoms with Gasteiger partial charge in [-0.3, -0.25) is 4.79 Å². The summed E-state index contributed by atoms with van der Waals surface area (Å²) >= 11 is 1.55. The maximum atomic E-state index is 12.2. The fourth-order valence-corrected chi connectivity index (χ4v) is 3.68. The van der Waals surface area contributed by atoms with Crippen molar-refractivity contribution < 1.29 is 9.32 Å². The van der Waals surface area contributed by atoms with Crippen LogP contribution in [0.2, 0.25) is 0 Å². The molecule has 1 fully saturated rings. The summed E-state index contributed by atoms with van der Waals surface area (Å²) in [6, 6.07) is 11.6. The van der Waals surface area contributed by atoms with E-state index >= 15 is 0 Å². The number of hydrogen-bond acceptors (Lipinski definition) is 5. The number of nitrogens with zero attached hydrogens (tertiary/aromatic N) is 2. The Morgan fingerprint density at radius 2 is 2.12 bits per heavy atom. The van der Waals surface area contributed by atoms with E-state index < -0.39 is 0 Å². The number of carbonyl (C=O) groups is 1. The first-order valence-corrected chi connectivity index (χ1v) is 9.49. The van der Waals surface area contributed by atoms with Gasteiger partial charge in [-0.2, -0.15) is 4.98 Å². The van der Waals surface area contributed by atoms with Crippen molar-refractivity contribution in [3.63, 3.8) is 0 Å². The molecule has 1 N–H and O–H groups in total. The number of anilines is 1. The summed E-state index contributed by atoms with van der Waals surface area (Å²) in [6.45, 7) is 1.97. The van der Waals surface area contributed by atoms with Crippen molar-refractivity contribution >= 4 is 29.0 Å². The number of hydrogen-bond donors (Lipinski definition) is 1. The largest absolute Gasteiger partial charge is 0.339 e. The monoisotopic (exact) mass is 365 g/mol. The van der Waals surface area contributed by atoms with Gasteiger partial charge in [0.15, 0.2) is 0 Å². The zero-order chi connectivity index (χ0) is 17.9. The first-order chi connectivity index (χ1) is 12.7. The van der Waals surface area contributed by atoms with E-state index in [2.05, 4.69) is 15.5 Å². The van der Waals surface area contributed by atoms with Gasteiger partial charge in [0.2, 0.25) is 17.6 Å². The minimum absolute atomic E-state index is 0.162. The number of benzene rings is 1. The zero-order valence-electron chi connectivity index (χ0n) is 14.4. The van der Waals surface area contributed by atoms with Crippen molar-refractivity contribution in [1.82, 2.24) is 10.1 Å². The lowest BCUT2D eigenvalue weighted by Gasteiger charge is -2.20. The zero-order valence-corrected chi connectivity index (χ0v) is 15.3. The fourth-order valence-electron chi connectivity index (χ4n) is 2.78. The lowest BCUT2D eigenvalue weighted by molar-refractivity contribution is -0.111. The first-order valence-electron chi connectivity index (χ1n) is 8.67. The van der Waals surface area contributed by atoms with Crippen LogP contribution in [-0.2, 0) is 4.79 Å². The molecule has 3 aromatic rings. The summed E-state index contributed by atoms with van der Waals surface area (Å²) in [6.07, 6.45) is 6.81. The Balaban J connectivity index is 1.45. The van der Waals surface area contributed by atoms with E-state index in [0.717, 1.165) is 39.7 Å². The van der Waals surface area contributed by atoms with E-state index in [1.165, 1.54) is 12.5 Å². The van der Waals surface area contributed by atoms with E-state index in [1.807, 2.05) is 43.3 Å². The Labute approximate surface area is 155 Å². The number of nitrogens with one attached hydrogen (secondary N) is 1. The highest BCUT2D eigenvalue weighted by Crippen LogP contribution is 2.38. The average Bonchev–Trinajstić information content (AvgIpc) is 3.20. The minimum atomic E-state index is -0.162. The van der Waals surface area contributed by atoms with Gasteiger partial charge in [0, 0.05) is 16.9 Å². The Hall–Kier alpha value is -2.73. The third-order valence-electron chi connectivity index (χ3n) is 4.52. The summed E-state index contributed by atoms with van der Waals surface area (Å²) in [5.74, 6) is 1.58. The summed E-state index contributed by atoms with van der Waals surface area (Å²) < 4.78 is 5.39. The molecule has 26 heavy (non-hydrogen) atoms. The van der Waals surface area contributed by atoms with Gasteiger partial charge in [-0.15, -0.1) is 11.3 Å². The number of thiophene rings is 1. The highest BCUT2D eigenvalue weighted by Gasteiger charge is 2.26.